The minimum atomic E-state index is -0.593. The van der Waals surface area contributed by atoms with Gasteiger partial charge in [-0.15, -0.1) is 10.2 Å². The van der Waals surface area contributed by atoms with Crippen molar-refractivity contribution >= 4 is 23.2 Å². The Kier molecular flexibility index (Phi) is 4.43. The number of furan rings is 1. The number of rotatable bonds is 4. The zero-order valence-corrected chi connectivity index (χ0v) is 14.4. The molecule has 2 aromatic heterocycles. The largest absolute Gasteiger partial charge is 0.458 e. The molecule has 2 heterocycles. The molecule has 0 unspecified atom stereocenters. The molecular formula is C19H11ClFN3O3. The Morgan fingerprint density at radius 2 is 1.85 bits per heavy atom. The molecule has 0 saturated carbocycles. The van der Waals surface area contributed by atoms with Gasteiger partial charge < -0.3 is 14.2 Å². The highest BCUT2D eigenvalue weighted by Crippen LogP contribution is 2.28. The molecule has 1 amide bonds. The zero-order chi connectivity index (χ0) is 18.8. The molecule has 27 heavy (non-hydrogen) atoms. The van der Waals surface area contributed by atoms with Crippen LogP contribution in [0.5, 0.6) is 0 Å². The van der Waals surface area contributed by atoms with E-state index in [2.05, 4.69) is 15.5 Å². The number of nitrogens with one attached hydrogen (secondary N) is 1. The SMILES string of the molecule is O=C(Nc1cccc(-c2nnc(-c3cc(Cl)co3)o2)c1)c1ccccc1F. The highest BCUT2D eigenvalue weighted by Gasteiger charge is 2.15. The van der Waals surface area contributed by atoms with Gasteiger partial charge in [0.1, 0.15) is 12.1 Å². The molecule has 4 aromatic rings. The summed E-state index contributed by atoms with van der Waals surface area (Å²) in [6.07, 6.45) is 1.36. The first-order valence-corrected chi connectivity index (χ1v) is 8.22. The van der Waals surface area contributed by atoms with Crippen LogP contribution in [0, 0.1) is 5.82 Å². The molecule has 0 atom stereocenters. The molecular weight excluding hydrogens is 373 g/mol. The average Bonchev–Trinajstić information content (AvgIpc) is 3.31. The minimum absolute atomic E-state index is 0.0438. The first-order valence-electron chi connectivity index (χ1n) is 7.84. The molecule has 0 spiro atoms. The van der Waals surface area contributed by atoms with Gasteiger partial charge in [-0.25, -0.2) is 4.39 Å². The van der Waals surface area contributed by atoms with Crippen LogP contribution >= 0.6 is 11.6 Å². The number of nitrogens with zero attached hydrogens (tertiary/aromatic N) is 2. The van der Waals surface area contributed by atoms with Crippen molar-refractivity contribution in [3.8, 4) is 23.1 Å². The van der Waals surface area contributed by atoms with Crippen LogP contribution in [0.2, 0.25) is 5.02 Å². The van der Waals surface area contributed by atoms with Gasteiger partial charge in [-0.05, 0) is 30.3 Å². The van der Waals surface area contributed by atoms with E-state index in [4.69, 9.17) is 20.4 Å². The van der Waals surface area contributed by atoms with Crippen molar-refractivity contribution in [2.24, 2.45) is 0 Å². The second-order valence-electron chi connectivity index (χ2n) is 5.56. The fourth-order valence-electron chi connectivity index (χ4n) is 2.44. The maximum atomic E-state index is 13.7. The van der Waals surface area contributed by atoms with Crippen LogP contribution in [-0.2, 0) is 0 Å². The van der Waals surface area contributed by atoms with Gasteiger partial charge in [0.15, 0.2) is 5.76 Å². The highest BCUT2D eigenvalue weighted by atomic mass is 35.5. The molecule has 0 saturated heterocycles. The van der Waals surface area contributed by atoms with Crippen LogP contribution in [0.4, 0.5) is 10.1 Å². The number of carbonyl (C=O) groups excluding carboxylic acids is 1. The van der Waals surface area contributed by atoms with Crippen LogP contribution in [0.1, 0.15) is 10.4 Å². The molecule has 8 heteroatoms. The number of halogens is 2. The number of aromatic nitrogens is 2. The normalized spacial score (nSPS) is 10.7. The molecule has 0 aliphatic rings. The Bertz CT molecular complexity index is 1120. The third-order valence-corrected chi connectivity index (χ3v) is 3.89. The Hall–Kier alpha value is -3.45. The molecule has 1 N–H and O–H groups in total. The van der Waals surface area contributed by atoms with E-state index in [0.717, 1.165) is 0 Å². The van der Waals surface area contributed by atoms with Gasteiger partial charge in [0, 0.05) is 17.3 Å². The summed E-state index contributed by atoms with van der Waals surface area (Å²) < 4.78 is 24.5. The lowest BCUT2D eigenvalue weighted by Gasteiger charge is -2.06. The number of benzene rings is 2. The summed E-state index contributed by atoms with van der Waals surface area (Å²) in [6, 6.07) is 14.1. The van der Waals surface area contributed by atoms with E-state index >= 15 is 0 Å². The molecule has 0 radical (unpaired) electrons. The first kappa shape index (κ1) is 17.0. The third kappa shape index (κ3) is 3.58. The fourth-order valence-corrected chi connectivity index (χ4v) is 2.58. The predicted molar refractivity (Wildman–Crippen MR) is 96.8 cm³/mol. The molecule has 134 valence electrons. The Morgan fingerprint density at radius 1 is 1.04 bits per heavy atom. The highest BCUT2D eigenvalue weighted by molar-refractivity contribution is 6.30. The van der Waals surface area contributed by atoms with Crippen LogP contribution in [0.3, 0.4) is 0 Å². The van der Waals surface area contributed by atoms with Gasteiger partial charge in [-0.1, -0.05) is 29.8 Å². The summed E-state index contributed by atoms with van der Waals surface area (Å²) in [5.41, 5.74) is 0.997. The summed E-state index contributed by atoms with van der Waals surface area (Å²) in [5, 5.41) is 11.0. The van der Waals surface area contributed by atoms with Crippen LogP contribution < -0.4 is 5.32 Å². The van der Waals surface area contributed by atoms with E-state index < -0.39 is 11.7 Å². The lowest BCUT2D eigenvalue weighted by Crippen LogP contribution is -2.13. The van der Waals surface area contributed by atoms with Crippen molar-refractivity contribution in [3.63, 3.8) is 0 Å². The second-order valence-corrected chi connectivity index (χ2v) is 5.99. The van der Waals surface area contributed by atoms with Crippen molar-refractivity contribution < 1.29 is 18.0 Å². The van der Waals surface area contributed by atoms with Crippen LogP contribution in [0.15, 0.2) is 69.7 Å². The Balaban J connectivity index is 1.57. The van der Waals surface area contributed by atoms with Gasteiger partial charge in [0.25, 0.3) is 11.8 Å². The Morgan fingerprint density at radius 3 is 2.63 bits per heavy atom. The smallest absolute Gasteiger partial charge is 0.283 e. The lowest BCUT2D eigenvalue weighted by atomic mass is 10.1. The summed E-state index contributed by atoms with van der Waals surface area (Å²) in [7, 11) is 0. The molecule has 6 nitrogen and oxygen atoms in total. The second kappa shape index (κ2) is 7.05. The maximum Gasteiger partial charge on any atom is 0.283 e. The van der Waals surface area contributed by atoms with E-state index in [1.54, 1.807) is 36.4 Å². The molecule has 0 aliphatic carbocycles. The Labute approximate surface area is 157 Å². The van der Waals surface area contributed by atoms with E-state index in [1.165, 1.54) is 24.5 Å². The van der Waals surface area contributed by atoms with E-state index in [1.807, 2.05) is 0 Å². The van der Waals surface area contributed by atoms with Crippen LogP contribution in [-0.4, -0.2) is 16.1 Å². The third-order valence-electron chi connectivity index (χ3n) is 3.69. The molecule has 0 fully saturated rings. The number of carbonyl (C=O) groups is 1. The van der Waals surface area contributed by atoms with Crippen LogP contribution in [0.25, 0.3) is 23.1 Å². The first-order chi connectivity index (χ1) is 13.1. The van der Waals surface area contributed by atoms with Crippen molar-refractivity contribution in [2.75, 3.05) is 5.32 Å². The van der Waals surface area contributed by atoms with Gasteiger partial charge >= 0.3 is 0 Å². The number of amides is 1. The lowest BCUT2D eigenvalue weighted by molar-refractivity contribution is 0.102. The number of hydrogen-bond acceptors (Lipinski definition) is 5. The van der Waals surface area contributed by atoms with Gasteiger partial charge in [-0.2, -0.15) is 0 Å². The molecule has 2 aromatic carbocycles. The van der Waals surface area contributed by atoms with Crippen molar-refractivity contribution in [2.45, 2.75) is 0 Å². The molecule has 0 aliphatic heterocycles. The minimum Gasteiger partial charge on any atom is -0.458 e. The quantitative estimate of drug-likeness (QED) is 0.533. The topological polar surface area (TPSA) is 81.2 Å². The van der Waals surface area contributed by atoms with Crippen molar-refractivity contribution in [1.29, 1.82) is 0 Å². The van der Waals surface area contributed by atoms with E-state index in [9.17, 15) is 9.18 Å². The van der Waals surface area contributed by atoms with E-state index in [0.29, 0.717) is 22.0 Å². The molecule has 0 bridgehead atoms. The van der Waals surface area contributed by atoms with E-state index in [-0.39, 0.29) is 17.3 Å². The fraction of sp³-hybridized carbons (Fsp3) is 0. The number of anilines is 1. The van der Waals surface area contributed by atoms with Crippen molar-refractivity contribution in [1.82, 2.24) is 10.2 Å². The number of hydrogen-bond donors (Lipinski definition) is 1. The summed E-state index contributed by atoms with van der Waals surface area (Å²) in [4.78, 5) is 12.2. The maximum absolute atomic E-state index is 13.7. The monoisotopic (exact) mass is 383 g/mol. The summed E-state index contributed by atoms with van der Waals surface area (Å²) in [6.45, 7) is 0. The summed E-state index contributed by atoms with van der Waals surface area (Å²) >= 11 is 5.81. The molecule has 4 rings (SSSR count). The predicted octanol–water partition coefficient (Wildman–Crippen LogP) is 5.04. The zero-order valence-electron chi connectivity index (χ0n) is 13.6. The van der Waals surface area contributed by atoms with Crippen molar-refractivity contribution in [3.05, 3.63) is 77.3 Å². The standard InChI is InChI=1S/C19H11ClFN3O3/c20-12-9-16(26-10-12)19-24-23-18(27-19)11-4-3-5-13(8-11)22-17(25)14-6-1-2-7-15(14)21/h1-10H,(H,22,25). The van der Waals surface area contributed by atoms with Gasteiger partial charge in [0.05, 0.1) is 10.6 Å². The summed E-state index contributed by atoms with van der Waals surface area (Å²) in [5.74, 6) is -0.383. The average molecular weight is 384 g/mol. The van der Waals surface area contributed by atoms with Gasteiger partial charge in [-0.3, -0.25) is 4.79 Å². The van der Waals surface area contributed by atoms with Gasteiger partial charge in [0.2, 0.25) is 5.89 Å².